The SMILES string of the molecule is CC(=O)N(C)CCN(C)c1cncc(Oc2ccc(-c3ccn(C)n3)c(F)c2F)n1. The molecule has 3 aromatic rings. The number of carbonyl (C=O) groups excluding carboxylic acids is 1. The van der Waals surface area contributed by atoms with Crippen molar-refractivity contribution in [2.24, 2.45) is 7.05 Å². The third kappa shape index (κ3) is 4.70. The second kappa shape index (κ2) is 8.85. The molecule has 0 fully saturated rings. The number of halogens is 2. The van der Waals surface area contributed by atoms with Crippen molar-refractivity contribution in [3.63, 3.8) is 0 Å². The van der Waals surface area contributed by atoms with Crippen LogP contribution in [0.3, 0.4) is 0 Å². The van der Waals surface area contributed by atoms with Gasteiger partial charge in [-0.15, -0.1) is 0 Å². The molecule has 0 saturated heterocycles. The highest BCUT2D eigenvalue weighted by Gasteiger charge is 2.18. The van der Waals surface area contributed by atoms with Gasteiger partial charge in [-0.3, -0.25) is 14.5 Å². The number of aryl methyl sites for hydroxylation is 1. The Labute approximate surface area is 172 Å². The van der Waals surface area contributed by atoms with E-state index >= 15 is 0 Å². The average molecular weight is 416 g/mol. The molecule has 0 atom stereocenters. The zero-order valence-corrected chi connectivity index (χ0v) is 17.1. The molecular weight excluding hydrogens is 394 g/mol. The third-order valence-corrected chi connectivity index (χ3v) is 4.55. The molecule has 3 rings (SSSR count). The molecular formula is C20H22F2N6O2. The molecule has 0 spiro atoms. The van der Waals surface area contributed by atoms with Crippen molar-refractivity contribution >= 4 is 11.7 Å². The summed E-state index contributed by atoms with van der Waals surface area (Å²) in [5.41, 5.74) is 0.356. The number of nitrogens with zero attached hydrogens (tertiary/aromatic N) is 6. The minimum Gasteiger partial charge on any atom is -0.434 e. The van der Waals surface area contributed by atoms with Gasteiger partial charge in [0.05, 0.1) is 18.1 Å². The minimum absolute atomic E-state index is 0.0168. The zero-order valence-electron chi connectivity index (χ0n) is 17.1. The molecule has 2 heterocycles. The van der Waals surface area contributed by atoms with E-state index in [1.54, 1.807) is 43.2 Å². The van der Waals surface area contributed by atoms with Crippen molar-refractivity contribution < 1.29 is 18.3 Å². The van der Waals surface area contributed by atoms with Crippen LogP contribution < -0.4 is 9.64 Å². The lowest BCUT2D eigenvalue weighted by Gasteiger charge is -2.22. The van der Waals surface area contributed by atoms with E-state index in [0.29, 0.717) is 24.6 Å². The van der Waals surface area contributed by atoms with Crippen molar-refractivity contribution in [1.29, 1.82) is 0 Å². The molecule has 0 unspecified atom stereocenters. The number of amides is 1. The average Bonchev–Trinajstić information content (AvgIpc) is 3.15. The van der Waals surface area contributed by atoms with Crippen LogP contribution in [0.2, 0.25) is 0 Å². The van der Waals surface area contributed by atoms with Gasteiger partial charge < -0.3 is 14.5 Å². The Morgan fingerprint density at radius 2 is 1.90 bits per heavy atom. The lowest BCUT2D eigenvalue weighted by Crippen LogP contribution is -2.33. The van der Waals surface area contributed by atoms with E-state index in [0.717, 1.165) is 0 Å². The summed E-state index contributed by atoms with van der Waals surface area (Å²) in [4.78, 5) is 23.0. The first kappa shape index (κ1) is 21.2. The van der Waals surface area contributed by atoms with E-state index in [9.17, 15) is 13.6 Å². The highest BCUT2D eigenvalue weighted by Crippen LogP contribution is 2.31. The molecule has 0 bridgehead atoms. The predicted octanol–water partition coefficient (Wildman–Crippen LogP) is 2.86. The lowest BCUT2D eigenvalue weighted by atomic mass is 10.1. The van der Waals surface area contributed by atoms with Gasteiger partial charge in [0.25, 0.3) is 0 Å². The van der Waals surface area contributed by atoms with Gasteiger partial charge in [-0.1, -0.05) is 0 Å². The van der Waals surface area contributed by atoms with Gasteiger partial charge in [0.15, 0.2) is 17.4 Å². The van der Waals surface area contributed by atoms with E-state index in [-0.39, 0.29) is 23.1 Å². The molecule has 0 aliphatic heterocycles. The highest BCUT2D eigenvalue weighted by molar-refractivity contribution is 5.72. The highest BCUT2D eigenvalue weighted by atomic mass is 19.2. The van der Waals surface area contributed by atoms with E-state index in [2.05, 4.69) is 15.1 Å². The van der Waals surface area contributed by atoms with E-state index < -0.39 is 11.6 Å². The van der Waals surface area contributed by atoms with E-state index in [1.165, 1.54) is 36.1 Å². The van der Waals surface area contributed by atoms with Crippen LogP contribution in [0.4, 0.5) is 14.6 Å². The molecule has 8 nitrogen and oxygen atoms in total. The first-order valence-corrected chi connectivity index (χ1v) is 9.17. The summed E-state index contributed by atoms with van der Waals surface area (Å²) in [5, 5.41) is 4.08. The number of likely N-dealkylation sites (N-methyl/N-ethyl adjacent to an activating group) is 2. The van der Waals surface area contributed by atoms with Gasteiger partial charge in [0.1, 0.15) is 0 Å². The summed E-state index contributed by atoms with van der Waals surface area (Å²) < 4.78 is 36.0. The topological polar surface area (TPSA) is 76.4 Å². The standard InChI is InChI=1S/C20H22F2N6O2/c1-13(29)26(2)9-10-27(3)17-11-23-12-18(24-17)30-16-6-5-14(19(21)20(16)22)15-7-8-28(4)25-15/h5-8,11-12H,9-10H2,1-4H3. The first-order valence-electron chi connectivity index (χ1n) is 9.17. The summed E-state index contributed by atoms with van der Waals surface area (Å²) in [6, 6.07) is 4.31. The summed E-state index contributed by atoms with van der Waals surface area (Å²) in [5.74, 6) is -2.06. The van der Waals surface area contributed by atoms with Crippen LogP contribution in [0.15, 0.2) is 36.8 Å². The molecule has 0 radical (unpaired) electrons. The van der Waals surface area contributed by atoms with Crippen molar-refractivity contribution in [3.8, 4) is 22.9 Å². The lowest BCUT2D eigenvalue weighted by molar-refractivity contribution is -0.127. The van der Waals surface area contributed by atoms with Crippen molar-refractivity contribution in [2.45, 2.75) is 6.92 Å². The molecule has 0 saturated carbocycles. The first-order chi connectivity index (χ1) is 14.3. The number of rotatable bonds is 7. The van der Waals surface area contributed by atoms with Crippen LogP contribution in [-0.2, 0) is 11.8 Å². The summed E-state index contributed by atoms with van der Waals surface area (Å²) in [6.07, 6.45) is 4.47. The van der Waals surface area contributed by atoms with Crippen LogP contribution in [0.5, 0.6) is 11.6 Å². The number of hydrogen-bond acceptors (Lipinski definition) is 6. The number of hydrogen-bond donors (Lipinski definition) is 0. The number of ether oxygens (including phenoxy) is 1. The second-order valence-corrected chi connectivity index (χ2v) is 6.79. The van der Waals surface area contributed by atoms with E-state index in [4.69, 9.17) is 4.74 Å². The normalized spacial score (nSPS) is 10.7. The third-order valence-electron chi connectivity index (χ3n) is 4.55. The molecule has 2 aromatic heterocycles. The molecule has 0 aliphatic rings. The Balaban J connectivity index is 1.76. The van der Waals surface area contributed by atoms with Crippen LogP contribution in [-0.4, -0.2) is 57.7 Å². The van der Waals surface area contributed by atoms with Gasteiger partial charge >= 0.3 is 0 Å². The molecule has 1 amide bonds. The van der Waals surface area contributed by atoms with Gasteiger partial charge in [0.2, 0.25) is 17.6 Å². The fourth-order valence-corrected chi connectivity index (χ4v) is 2.62. The Morgan fingerprint density at radius 3 is 2.57 bits per heavy atom. The molecule has 0 aliphatic carbocycles. The molecule has 158 valence electrons. The summed E-state index contributed by atoms with van der Waals surface area (Å²) in [6.45, 7) is 2.49. The Kier molecular flexibility index (Phi) is 6.24. The van der Waals surface area contributed by atoms with E-state index in [1.807, 2.05) is 0 Å². The summed E-state index contributed by atoms with van der Waals surface area (Å²) in [7, 11) is 5.17. The maximum Gasteiger partial charge on any atom is 0.239 e. The van der Waals surface area contributed by atoms with Gasteiger partial charge in [-0.05, 0) is 18.2 Å². The largest absolute Gasteiger partial charge is 0.434 e. The zero-order chi connectivity index (χ0) is 21.8. The summed E-state index contributed by atoms with van der Waals surface area (Å²) >= 11 is 0. The number of benzene rings is 1. The van der Waals surface area contributed by atoms with Crippen LogP contribution in [0.1, 0.15) is 6.92 Å². The van der Waals surface area contributed by atoms with Gasteiger partial charge in [0, 0.05) is 52.9 Å². The van der Waals surface area contributed by atoms with Crippen molar-refractivity contribution in [1.82, 2.24) is 24.6 Å². The monoisotopic (exact) mass is 416 g/mol. The fraction of sp³-hybridized carbons (Fsp3) is 0.300. The molecule has 10 heteroatoms. The number of carbonyl (C=O) groups is 1. The number of aromatic nitrogens is 4. The number of anilines is 1. The Hall–Kier alpha value is -3.56. The van der Waals surface area contributed by atoms with Gasteiger partial charge in [-0.25, -0.2) is 4.39 Å². The maximum atomic E-state index is 14.6. The smallest absolute Gasteiger partial charge is 0.239 e. The Morgan fingerprint density at radius 1 is 1.13 bits per heavy atom. The molecule has 0 N–H and O–H groups in total. The maximum absolute atomic E-state index is 14.6. The van der Waals surface area contributed by atoms with Gasteiger partial charge in [-0.2, -0.15) is 14.5 Å². The Bertz CT molecular complexity index is 1060. The van der Waals surface area contributed by atoms with Crippen LogP contribution >= 0.6 is 0 Å². The quantitative estimate of drug-likeness (QED) is 0.590. The molecule has 30 heavy (non-hydrogen) atoms. The fourth-order valence-electron chi connectivity index (χ4n) is 2.62. The molecule has 1 aromatic carbocycles. The second-order valence-electron chi connectivity index (χ2n) is 6.79. The van der Waals surface area contributed by atoms with Crippen molar-refractivity contribution in [3.05, 3.63) is 48.4 Å². The van der Waals surface area contributed by atoms with Crippen molar-refractivity contribution in [2.75, 3.05) is 32.1 Å². The minimum atomic E-state index is -1.14. The van der Waals surface area contributed by atoms with Crippen LogP contribution in [0, 0.1) is 11.6 Å². The predicted molar refractivity (Wildman–Crippen MR) is 107 cm³/mol. The van der Waals surface area contributed by atoms with Crippen LogP contribution in [0.25, 0.3) is 11.3 Å².